The highest BCUT2D eigenvalue weighted by Gasteiger charge is 2.26. The first kappa shape index (κ1) is 22.6. The van der Waals surface area contributed by atoms with Gasteiger partial charge in [0.1, 0.15) is 11.4 Å². The minimum absolute atomic E-state index is 0.262. The Bertz CT molecular complexity index is 1330. The van der Waals surface area contributed by atoms with Crippen LogP contribution >= 0.6 is 0 Å². The van der Waals surface area contributed by atoms with Crippen LogP contribution < -0.4 is 10.2 Å². The molecule has 0 spiro atoms. The second-order valence-electron chi connectivity index (χ2n) is 9.56. The molecule has 1 aliphatic rings. The Kier molecular flexibility index (Phi) is 5.75. The van der Waals surface area contributed by atoms with Gasteiger partial charge in [-0.05, 0) is 39.0 Å². The van der Waals surface area contributed by atoms with Crippen molar-refractivity contribution in [3.05, 3.63) is 49.2 Å². The van der Waals surface area contributed by atoms with Gasteiger partial charge in [0, 0.05) is 56.7 Å². The van der Waals surface area contributed by atoms with Gasteiger partial charge in [-0.25, -0.2) is 19.3 Å². The van der Waals surface area contributed by atoms with Gasteiger partial charge in [-0.2, -0.15) is 5.10 Å². The van der Waals surface area contributed by atoms with E-state index in [4.69, 9.17) is 4.74 Å². The third-order valence-corrected chi connectivity index (χ3v) is 5.67. The number of carbonyl (C=O) groups excluding carboxylic acids is 1. The molecule has 0 radical (unpaired) electrons. The molecule has 5 rings (SSSR count). The maximum Gasteiger partial charge on any atom is 0.410 e. The van der Waals surface area contributed by atoms with E-state index in [-0.39, 0.29) is 6.09 Å². The highest BCUT2D eigenvalue weighted by Crippen LogP contribution is 2.23. The number of aryl methyl sites for hydroxylation is 1. The lowest BCUT2D eigenvalue weighted by Gasteiger charge is -2.36. The van der Waals surface area contributed by atoms with Crippen LogP contribution in [-0.4, -0.2) is 72.1 Å². The number of hydrogen-bond acceptors (Lipinski definition) is 8. The van der Waals surface area contributed by atoms with E-state index in [1.807, 2.05) is 70.8 Å². The minimum atomic E-state index is -0.488. The van der Waals surface area contributed by atoms with Gasteiger partial charge in [0.05, 0.1) is 29.8 Å². The number of piperazine rings is 1. The molecule has 0 aliphatic carbocycles. The number of fused-ring (bicyclic) bond motifs is 1. The summed E-state index contributed by atoms with van der Waals surface area (Å²) >= 11 is 0. The number of hydrogen-bond donors (Lipinski definition) is 1. The Morgan fingerprint density at radius 3 is 2.46 bits per heavy atom. The van der Waals surface area contributed by atoms with Gasteiger partial charge in [-0.1, -0.05) is 0 Å². The first-order chi connectivity index (χ1) is 16.7. The Labute approximate surface area is 203 Å². The lowest BCUT2D eigenvalue weighted by atomic mass is 10.2. The van der Waals surface area contributed by atoms with Crippen molar-refractivity contribution in [2.75, 3.05) is 36.4 Å². The van der Waals surface area contributed by atoms with Gasteiger partial charge < -0.3 is 19.9 Å². The topological polar surface area (TPSA) is 106 Å². The molecule has 0 unspecified atom stereocenters. The van der Waals surface area contributed by atoms with Gasteiger partial charge in [0.2, 0.25) is 5.95 Å². The smallest absolute Gasteiger partial charge is 0.410 e. The zero-order chi connectivity index (χ0) is 24.6. The summed E-state index contributed by atoms with van der Waals surface area (Å²) in [4.78, 5) is 25.2. The van der Waals surface area contributed by atoms with Crippen molar-refractivity contribution in [1.82, 2.24) is 34.3 Å². The van der Waals surface area contributed by atoms with E-state index in [1.165, 1.54) is 0 Å². The van der Waals surface area contributed by atoms with Crippen LogP contribution in [0.2, 0.25) is 0 Å². The van der Waals surface area contributed by atoms with Crippen LogP contribution in [0.25, 0.3) is 16.6 Å². The summed E-state index contributed by atoms with van der Waals surface area (Å²) in [5.74, 6) is 1.11. The van der Waals surface area contributed by atoms with Crippen LogP contribution in [0.3, 0.4) is 0 Å². The van der Waals surface area contributed by atoms with Gasteiger partial charge in [0.25, 0.3) is 0 Å². The van der Waals surface area contributed by atoms with E-state index in [9.17, 15) is 4.79 Å². The van der Waals surface area contributed by atoms with E-state index in [1.54, 1.807) is 20.3 Å². The Balaban J connectivity index is 1.21. The summed E-state index contributed by atoms with van der Waals surface area (Å²) in [6.45, 7) is 8.30. The first-order valence-electron chi connectivity index (χ1n) is 11.5. The van der Waals surface area contributed by atoms with Gasteiger partial charge >= 0.3 is 6.09 Å². The fourth-order valence-electron chi connectivity index (χ4n) is 3.93. The van der Waals surface area contributed by atoms with E-state index >= 15 is 0 Å². The Morgan fingerprint density at radius 1 is 1.00 bits per heavy atom. The molecule has 0 aromatic carbocycles. The normalized spacial score (nSPS) is 14.4. The van der Waals surface area contributed by atoms with Crippen LogP contribution in [0.5, 0.6) is 0 Å². The molecule has 4 aromatic rings. The number of nitrogens with zero attached hydrogens (tertiary/aromatic N) is 8. The van der Waals surface area contributed by atoms with Crippen molar-refractivity contribution in [2.45, 2.75) is 26.4 Å². The highest BCUT2D eigenvalue weighted by atomic mass is 16.6. The first-order valence-corrected chi connectivity index (χ1v) is 11.5. The predicted molar refractivity (Wildman–Crippen MR) is 133 cm³/mol. The molecule has 5 heterocycles. The van der Waals surface area contributed by atoms with Crippen LogP contribution in [0.1, 0.15) is 20.8 Å². The number of aromatic nitrogens is 6. The van der Waals surface area contributed by atoms with Gasteiger partial charge in [0.15, 0.2) is 0 Å². The number of amides is 1. The Morgan fingerprint density at radius 2 is 1.80 bits per heavy atom. The van der Waals surface area contributed by atoms with E-state index < -0.39 is 5.60 Å². The third-order valence-electron chi connectivity index (χ3n) is 5.67. The summed E-state index contributed by atoms with van der Waals surface area (Å²) in [6.07, 6.45) is 9.07. The van der Waals surface area contributed by atoms with Crippen molar-refractivity contribution in [2.24, 2.45) is 7.05 Å². The van der Waals surface area contributed by atoms with Crippen LogP contribution in [0.4, 0.5) is 22.2 Å². The summed E-state index contributed by atoms with van der Waals surface area (Å²) in [5, 5.41) is 11.9. The van der Waals surface area contributed by atoms with Gasteiger partial charge in [-0.3, -0.25) is 4.68 Å². The maximum atomic E-state index is 12.3. The summed E-state index contributed by atoms with van der Waals surface area (Å²) in [7, 11) is 1.89. The molecular weight excluding hydrogens is 446 g/mol. The molecule has 0 saturated carbocycles. The number of anilines is 3. The summed E-state index contributed by atoms with van der Waals surface area (Å²) < 4.78 is 9.03. The average molecular weight is 476 g/mol. The third kappa shape index (κ3) is 5.18. The highest BCUT2D eigenvalue weighted by molar-refractivity contribution is 5.69. The molecule has 0 atom stereocenters. The molecular formula is C24H29N9O2. The monoisotopic (exact) mass is 475 g/mol. The van der Waals surface area contributed by atoms with E-state index in [0.29, 0.717) is 24.9 Å². The molecule has 1 saturated heterocycles. The molecule has 0 bridgehead atoms. The molecule has 35 heavy (non-hydrogen) atoms. The zero-order valence-electron chi connectivity index (χ0n) is 20.3. The van der Waals surface area contributed by atoms with E-state index in [0.717, 1.165) is 35.4 Å². The molecule has 1 N–H and O–H groups in total. The van der Waals surface area contributed by atoms with Crippen LogP contribution in [-0.2, 0) is 11.8 Å². The average Bonchev–Trinajstić information content (AvgIpc) is 3.44. The molecule has 11 nitrogen and oxygen atoms in total. The molecule has 1 amide bonds. The molecule has 1 aliphatic heterocycles. The van der Waals surface area contributed by atoms with Crippen molar-refractivity contribution in [1.29, 1.82) is 0 Å². The number of pyridine rings is 1. The molecule has 182 valence electrons. The minimum Gasteiger partial charge on any atom is -0.444 e. The number of carbonyl (C=O) groups is 1. The van der Waals surface area contributed by atoms with Crippen molar-refractivity contribution < 1.29 is 9.53 Å². The number of nitrogens with one attached hydrogen (secondary N) is 1. The van der Waals surface area contributed by atoms with Crippen LogP contribution in [0, 0.1) is 0 Å². The van der Waals surface area contributed by atoms with Crippen LogP contribution in [0.15, 0.2) is 49.2 Å². The largest absolute Gasteiger partial charge is 0.444 e. The fourth-order valence-corrected chi connectivity index (χ4v) is 3.93. The fraction of sp³-hybridized carbons (Fsp3) is 0.375. The number of rotatable bonds is 4. The van der Waals surface area contributed by atoms with Crippen molar-refractivity contribution in [3.63, 3.8) is 0 Å². The van der Waals surface area contributed by atoms with E-state index in [2.05, 4.69) is 30.4 Å². The second-order valence-corrected chi connectivity index (χ2v) is 9.56. The summed E-state index contributed by atoms with van der Waals surface area (Å²) in [5.41, 5.74) is 3.46. The quantitative estimate of drug-likeness (QED) is 0.479. The predicted octanol–water partition coefficient (Wildman–Crippen LogP) is 3.33. The van der Waals surface area contributed by atoms with Crippen molar-refractivity contribution in [3.8, 4) is 11.1 Å². The number of ether oxygens (including phenoxy) is 1. The molecule has 1 fully saturated rings. The standard InChI is InChI=1S/C24H29N9O2/c1-24(2,3)35-23(34)32-9-7-31(8-10-32)19-5-6-21(25-13-19)28-22-26-14-20-11-17(16-33(20)29-22)18-12-27-30(4)15-18/h5-6,11-16H,7-10H2,1-4H3,(H,25,28,29). The lowest BCUT2D eigenvalue weighted by Crippen LogP contribution is -2.50. The lowest BCUT2D eigenvalue weighted by molar-refractivity contribution is 0.0240. The molecule has 11 heteroatoms. The Hall–Kier alpha value is -4.15. The molecule has 4 aromatic heterocycles. The second kappa shape index (κ2) is 8.90. The SMILES string of the molecule is Cn1cc(-c2cc3cnc(Nc4ccc(N5CCN(C(=O)OC(C)(C)C)CC5)cn4)nn3c2)cn1. The van der Waals surface area contributed by atoms with Crippen molar-refractivity contribution >= 4 is 29.1 Å². The summed E-state index contributed by atoms with van der Waals surface area (Å²) in [6, 6.07) is 5.93. The zero-order valence-corrected chi connectivity index (χ0v) is 20.3. The van der Waals surface area contributed by atoms with Gasteiger partial charge in [-0.15, -0.1) is 5.10 Å². The maximum absolute atomic E-state index is 12.3.